The molecule has 1 aliphatic heterocycles. The maximum atomic E-state index is 9.32. The molecule has 1 heterocycles. The van der Waals surface area contributed by atoms with Crippen molar-refractivity contribution in [3.63, 3.8) is 0 Å². The van der Waals surface area contributed by atoms with Gasteiger partial charge in [0.25, 0.3) is 0 Å². The lowest BCUT2D eigenvalue weighted by atomic mass is 9.99. The summed E-state index contributed by atoms with van der Waals surface area (Å²) in [5.74, 6) is 0. The third-order valence-electron chi connectivity index (χ3n) is 2.04. The van der Waals surface area contributed by atoms with Crippen LogP contribution in [0.4, 0.5) is 0 Å². The number of aliphatic hydroxyl groups is 4. The molecule has 1 fully saturated rings. The molecule has 1 aliphatic rings. The Hall–Kier alpha value is -1.09. The maximum absolute atomic E-state index is 9.32. The quantitative estimate of drug-likeness (QED) is 0.188. The third kappa shape index (κ3) is 2.48. The van der Waals surface area contributed by atoms with Crippen LogP contribution in [0.5, 0.6) is 0 Å². The zero-order valence-corrected chi connectivity index (χ0v) is 7.54. The van der Waals surface area contributed by atoms with Crippen molar-refractivity contribution in [2.24, 2.45) is 5.28 Å². The molecule has 5 atom stereocenters. The highest BCUT2D eigenvalue weighted by Crippen LogP contribution is 2.21. The van der Waals surface area contributed by atoms with E-state index >= 15 is 0 Å². The van der Waals surface area contributed by atoms with E-state index in [0.717, 1.165) is 0 Å². The van der Waals surface area contributed by atoms with Crippen molar-refractivity contribution in [1.29, 1.82) is 0 Å². The second-order valence-corrected chi connectivity index (χ2v) is 2.97. The summed E-state index contributed by atoms with van der Waals surface area (Å²) in [6.07, 6.45) is -7.07. The molecule has 1 unspecified atom stereocenters. The molecule has 0 spiro atoms. The lowest BCUT2D eigenvalue weighted by Crippen LogP contribution is -2.58. The van der Waals surface area contributed by atoms with Crippen LogP contribution in [-0.4, -0.2) is 57.7 Å². The van der Waals surface area contributed by atoms with Crippen LogP contribution in [0.3, 0.4) is 0 Å². The molecule has 0 aromatic rings. The van der Waals surface area contributed by atoms with Crippen LogP contribution in [0.25, 0.3) is 10.4 Å². The van der Waals surface area contributed by atoms with E-state index in [4.69, 9.17) is 15.4 Å². The molecule has 0 aromatic carbocycles. The summed E-state index contributed by atoms with van der Waals surface area (Å²) in [6, 6.07) is 0. The van der Waals surface area contributed by atoms with E-state index < -0.39 is 37.3 Å². The van der Waals surface area contributed by atoms with Gasteiger partial charge < -0.3 is 30.0 Å². The Kier molecular flexibility index (Phi) is 4.09. The molecule has 1 saturated heterocycles. The van der Waals surface area contributed by atoms with Gasteiger partial charge in [-0.25, -0.2) is 0 Å². The van der Waals surface area contributed by atoms with E-state index in [1.54, 1.807) is 0 Å². The first kappa shape index (κ1) is 12.0. The molecular weight excluding hydrogens is 210 g/mol. The van der Waals surface area contributed by atoms with Gasteiger partial charge in [0.15, 0.2) is 0 Å². The van der Waals surface area contributed by atoms with Gasteiger partial charge >= 0.3 is 0 Å². The lowest BCUT2D eigenvalue weighted by molar-refractivity contribution is -0.302. The van der Waals surface area contributed by atoms with Crippen molar-refractivity contribution in [1.82, 2.24) is 0 Å². The van der Waals surface area contributed by atoms with Crippen LogP contribution in [0.15, 0.2) is 5.28 Å². The molecule has 0 bridgehead atoms. The molecule has 0 radical (unpaired) electrons. The molecule has 1 rings (SSSR count). The Morgan fingerprint density at radius 2 is 1.93 bits per heavy atom. The molecule has 86 valence electrons. The van der Waals surface area contributed by atoms with Gasteiger partial charge in [0.05, 0.1) is 6.61 Å². The predicted molar refractivity (Wildman–Crippen MR) is 44.0 cm³/mol. The Morgan fingerprint density at radius 1 is 1.27 bits per heavy atom. The van der Waals surface area contributed by atoms with Gasteiger partial charge in [-0.05, 0) is 5.53 Å². The molecule has 0 saturated carbocycles. The molecule has 9 nitrogen and oxygen atoms in total. The summed E-state index contributed by atoms with van der Waals surface area (Å²) in [5, 5.41) is 39.4. The van der Waals surface area contributed by atoms with Crippen LogP contribution >= 0.6 is 0 Å². The summed E-state index contributed by atoms with van der Waals surface area (Å²) in [6.45, 7) is -0.568. The van der Waals surface area contributed by atoms with Crippen molar-refractivity contribution in [2.75, 3.05) is 6.61 Å². The fraction of sp³-hybridized carbons (Fsp3) is 1.00. The normalized spacial score (nSPS) is 40.7. The van der Waals surface area contributed by atoms with Gasteiger partial charge in [-0.2, -0.15) is 0 Å². The van der Waals surface area contributed by atoms with Crippen molar-refractivity contribution in [2.45, 2.75) is 30.7 Å². The van der Waals surface area contributed by atoms with Crippen molar-refractivity contribution in [3.05, 3.63) is 10.4 Å². The lowest BCUT2D eigenvalue weighted by Gasteiger charge is -2.38. The van der Waals surface area contributed by atoms with E-state index in [0.29, 0.717) is 0 Å². The van der Waals surface area contributed by atoms with Crippen LogP contribution in [0.2, 0.25) is 0 Å². The second kappa shape index (κ2) is 5.12. The molecule has 0 amide bonds. The number of hydrogen-bond acceptors (Lipinski definition) is 7. The van der Waals surface area contributed by atoms with E-state index in [9.17, 15) is 15.3 Å². The highest BCUT2D eigenvalue weighted by molar-refractivity contribution is 4.88. The molecule has 0 aromatic heterocycles. The summed E-state index contributed by atoms with van der Waals surface area (Å²) in [4.78, 5) is 6.61. The fourth-order valence-electron chi connectivity index (χ4n) is 1.22. The third-order valence-corrected chi connectivity index (χ3v) is 2.04. The second-order valence-electron chi connectivity index (χ2n) is 2.97. The Morgan fingerprint density at radius 3 is 2.47 bits per heavy atom. The van der Waals surface area contributed by atoms with Gasteiger partial charge in [-0.1, -0.05) is 0 Å². The Labute approximate surface area is 84.0 Å². The number of rotatable bonds is 3. The van der Waals surface area contributed by atoms with Crippen LogP contribution < -0.4 is 0 Å². The SMILES string of the molecule is [N-]=[N+]=NOC1O[C@H](CO)[C@@H](O)[C@H](O)[C@H]1O. The van der Waals surface area contributed by atoms with E-state index in [1.165, 1.54) is 0 Å². The Balaban J connectivity index is 2.69. The minimum atomic E-state index is -1.56. The number of aliphatic hydroxyl groups excluding tert-OH is 4. The maximum Gasteiger partial charge on any atom is 0.237 e. The topological polar surface area (TPSA) is 148 Å². The predicted octanol–water partition coefficient (Wildman–Crippen LogP) is -1.97. The van der Waals surface area contributed by atoms with Crippen molar-refractivity contribution >= 4 is 0 Å². The van der Waals surface area contributed by atoms with Crippen LogP contribution in [0, 0.1) is 0 Å². The summed E-state index contributed by atoms with van der Waals surface area (Å²) in [7, 11) is 0. The molecular formula is C6H11N3O6. The average Bonchev–Trinajstić information content (AvgIpc) is 2.25. The van der Waals surface area contributed by atoms with Gasteiger partial charge in [0.2, 0.25) is 6.29 Å². The summed E-state index contributed by atoms with van der Waals surface area (Å²) in [5.41, 5.74) is 7.96. The summed E-state index contributed by atoms with van der Waals surface area (Å²) < 4.78 is 4.84. The van der Waals surface area contributed by atoms with Crippen molar-refractivity contribution < 1.29 is 30.0 Å². The number of azide groups is 1. The monoisotopic (exact) mass is 221 g/mol. The highest BCUT2D eigenvalue weighted by atomic mass is 16.8. The number of nitrogens with zero attached hydrogens (tertiary/aromatic N) is 3. The van der Waals surface area contributed by atoms with Gasteiger partial charge in [-0.15, -0.1) is 0 Å². The number of hydrogen-bond donors (Lipinski definition) is 4. The smallest absolute Gasteiger partial charge is 0.237 e. The zero-order valence-electron chi connectivity index (χ0n) is 7.54. The fourth-order valence-corrected chi connectivity index (χ4v) is 1.22. The molecule has 15 heavy (non-hydrogen) atoms. The van der Waals surface area contributed by atoms with Crippen LogP contribution in [0.1, 0.15) is 0 Å². The summed E-state index contributed by atoms with van der Waals surface area (Å²) >= 11 is 0. The molecule has 4 N–H and O–H groups in total. The number of ether oxygens (including phenoxy) is 1. The minimum Gasteiger partial charge on any atom is -0.400 e. The Bertz CT molecular complexity index is 255. The first-order valence-electron chi connectivity index (χ1n) is 4.12. The van der Waals surface area contributed by atoms with Crippen molar-refractivity contribution in [3.8, 4) is 0 Å². The average molecular weight is 221 g/mol. The highest BCUT2D eigenvalue weighted by Gasteiger charge is 2.44. The first-order valence-corrected chi connectivity index (χ1v) is 4.12. The van der Waals surface area contributed by atoms with E-state index in [-0.39, 0.29) is 0 Å². The zero-order chi connectivity index (χ0) is 11.4. The standard InChI is InChI=1S/C6H11N3O6/c7-8-9-15-6-5(13)4(12)3(11)2(1-10)14-6/h2-6,10-13H,1H2/t2-,3-,4+,5-,6?/m1/s1. The minimum absolute atomic E-state index is 0.568. The molecule has 9 heteroatoms. The van der Waals surface area contributed by atoms with Gasteiger partial charge in [-0.3, -0.25) is 0 Å². The largest absolute Gasteiger partial charge is 0.400 e. The first-order chi connectivity index (χ1) is 7.11. The van der Waals surface area contributed by atoms with Crippen LogP contribution in [-0.2, 0) is 9.57 Å². The molecule has 0 aliphatic carbocycles. The van der Waals surface area contributed by atoms with E-state index in [2.05, 4.69) is 15.0 Å². The van der Waals surface area contributed by atoms with E-state index in [1.807, 2.05) is 0 Å². The van der Waals surface area contributed by atoms with Gasteiger partial charge in [0, 0.05) is 4.91 Å². The van der Waals surface area contributed by atoms with Gasteiger partial charge in [0.1, 0.15) is 29.7 Å².